The molecule has 6 nitrogen and oxygen atoms in total. The summed E-state index contributed by atoms with van der Waals surface area (Å²) in [4.78, 5) is 23.9. The van der Waals surface area contributed by atoms with Gasteiger partial charge in [-0.15, -0.1) is 0 Å². The first-order chi connectivity index (χ1) is 12.8. The molecule has 0 saturated carbocycles. The number of methoxy groups -OCH3 is 1. The Kier molecular flexibility index (Phi) is 6.62. The molecule has 0 radical (unpaired) electrons. The number of cyclic esters (lactones) is 1. The SMILES string of the molecule is CCOC(=O)C(C)CC(C)=CCc1c(C#N)c2c(c(C)c1OC)COC2=O. The number of nitrogens with zero attached hydrogens (tertiary/aromatic N) is 1. The van der Waals surface area contributed by atoms with E-state index in [4.69, 9.17) is 14.2 Å². The Bertz CT molecular complexity index is 832. The summed E-state index contributed by atoms with van der Waals surface area (Å²) in [5.41, 5.74) is 3.85. The van der Waals surface area contributed by atoms with Crippen LogP contribution in [0.2, 0.25) is 0 Å². The van der Waals surface area contributed by atoms with Gasteiger partial charge < -0.3 is 14.2 Å². The molecule has 1 aromatic carbocycles. The Balaban J connectivity index is 2.35. The molecule has 0 fully saturated rings. The van der Waals surface area contributed by atoms with Crippen molar-refractivity contribution in [3.63, 3.8) is 0 Å². The van der Waals surface area contributed by atoms with Gasteiger partial charge in [0.15, 0.2) is 0 Å². The highest BCUT2D eigenvalue weighted by Gasteiger charge is 2.31. The van der Waals surface area contributed by atoms with E-state index in [9.17, 15) is 14.9 Å². The highest BCUT2D eigenvalue weighted by atomic mass is 16.5. The maximum Gasteiger partial charge on any atom is 0.340 e. The number of carbonyl (C=O) groups is 2. The van der Waals surface area contributed by atoms with Crippen molar-refractivity contribution in [1.29, 1.82) is 5.26 Å². The number of allylic oxidation sites excluding steroid dienone is 2. The summed E-state index contributed by atoms with van der Waals surface area (Å²) in [7, 11) is 1.55. The fourth-order valence-corrected chi connectivity index (χ4v) is 3.39. The fourth-order valence-electron chi connectivity index (χ4n) is 3.39. The van der Waals surface area contributed by atoms with Gasteiger partial charge in [-0.05, 0) is 39.2 Å². The third-order valence-electron chi connectivity index (χ3n) is 4.76. The van der Waals surface area contributed by atoms with Gasteiger partial charge in [-0.1, -0.05) is 18.6 Å². The molecule has 1 aliphatic heterocycles. The summed E-state index contributed by atoms with van der Waals surface area (Å²) in [6, 6.07) is 2.14. The van der Waals surface area contributed by atoms with Gasteiger partial charge in [0.1, 0.15) is 18.4 Å². The molecule has 0 N–H and O–H groups in total. The van der Waals surface area contributed by atoms with Crippen LogP contribution in [0, 0.1) is 24.2 Å². The van der Waals surface area contributed by atoms with Gasteiger partial charge in [-0.2, -0.15) is 5.26 Å². The van der Waals surface area contributed by atoms with Crippen LogP contribution >= 0.6 is 0 Å². The van der Waals surface area contributed by atoms with E-state index < -0.39 is 5.97 Å². The van der Waals surface area contributed by atoms with Crippen LogP contribution in [-0.4, -0.2) is 25.7 Å². The maximum atomic E-state index is 12.1. The van der Waals surface area contributed by atoms with Crippen molar-refractivity contribution >= 4 is 11.9 Å². The van der Waals surface area contributed by atoms with Crippen LogP contribution in [0.3, 0.4) is 0 Å². The van der Waals surface area contributed by atoms with Gasteiger partial charge in [0.2, 0.25) is 0 Å². The zero-order chi connectivity index (χ0) is 20.1. The van der Waals surface area contributed by atoms with Crippen LogP contribution in [-0.2, 0) is 27.3 Å². The number of esters is 2. The Morgan fingerprint density at radius 1 is 1.44 bits per heavy atom. The highest BCUT2D eigenvalue weighted by Crippen LogP contribution is 2.37. The molecular formula is C21H25NO5. The van der Waals surface area contributed by atoms with Gasteiger partial charge >= 0.3 is 11.9 Å². The van der Waals surface area contributed by atoms with Crippen molar-refractivity contribution in [3.05, 3.63) is 39.5 Å². The fraction of sp³-hybridized carbons (Fsp3) is 0.476. The van der Waals surface area contributed by atoms with Gasteiger partial charge in [-0.25, -0.2) is 4.79 Å². The third kappa shape index (κ3) is 4.13. The summed E-state index contributed by atoms with van der Waals surface area (Å²) >= 11 is 0. The van der Waals surface area contributed by atoms with Crippen LogP contribution in [0.15, 0.2) is 11.6 Å². The van der Waals surface area contributed by atoms with E-state index in [1.807, 2.05) is 26.8 Å². The zero-order valence-corrected chi connectivity index (χ0v) is 16.5. The van der Waals surface area contributed by atoms with Crippen LogP contribution in [0.1, 0.15) is 59.8 Å². The number of benzene rings is 1. The van der Waals surface area contributed by atoms with E-state index in [0.717, 1.165) is 11.1 Å². The minimum atomic E-state index is -0.467. The standard InChI is InChI=1S/C21H25NO5/c1-6-26-20(23)13(3)9-12(2)7-8-15-16(10-22)18-17(11-27-21(18)24)14(4)19(15)25-5/h7,13H,6,8-9,11H2,1-5H3. The van der Waals surface area contributed by atoms with Crippen molar-refractivity contribution in [1.82, 2.24) is 0 Å². The predicted octanol–water partition coefficient (Wildman–Crippen LogP) is 3.62. The van der Waals surface area contributed by atoms with E-state index in [1.54, 1.807) is 14.0 Å². The topological polar surface area (TPSA) is 85.6 Å². The van der Waals surface area contributed by atoms with E-state index >= 15 is 0 Å². The summed E-state index contributed by atoms with van der Waals surface area (Å²) < 4.78 is 15.7. The smallest absolute Gasteiger partial charge is 0.340 e. The number of fused-ring (bicyclic) bond motifs is 1. The third-order valence-corrected chi connectivity index (χ3v) is 4.76. The largest absolute Gasteiger partial charge is 0.496 e. The van der Waals surface area contributed by atoms with E-state index in [2.05, 4.69) is 6.07 Å². The van der Waals surface area contributed by atoms with Crippen LogP contribution in [0.4, 0.5) is 0 Å². The summed E-state index contributed by atoms with van der Waals surface area (Å²) in [5, 5.41) is 9.66. The molecule has 1 aliphatic rings. The molecule has 144 valence electrons. The van der Waals surface area contributed by atoms with Crippen molar-refractivity contribution in [2.45, 2.75) is 47.1 Å². The second-order valence-electron chi connectivity index (χ2n) is 6.67. The Morgan fingerprint density at radius 2 is 2.15 bits per heavy atom. The molecule has 0 amide bonds. The number of nitriles is 1. The van der Waals surface area contributed by atoms with E-state index in [-0.39, 0.29) is 18.5 Å². The molecule has 6 heteroatoms. The molecule has 0 saturated heterocycles. The molecule has 27 heavy (non-hydrogen) atoms. The first-order valence-electron chi connectivity index (χ1n) is 8.97. The van der Waals surface area contributed by atoms with Crippen LogP contribution < -0.4 is 4.74 Å². The van der Waals surface area contributed by atoms with Gasteiger partial charge in [0, 0.05) is 11.1 Å². The van der Waals surface area contributed by atoms with E-state index in [1.165, 1.54) is 0 Å². The number of hydrogen-bond donors (Lipinski definition) is 0. The minimum absolute atomic E-state index is 0.164. The van der Waals surface area contributed by atoms with Crippen molar-refractivity contribution in [2.24, 2.45) is 5.92 Å². The quantitative estimate of drug-likeness (QED) is 0.537. The monoisotopic (exact) mass is 371 g/mol. The zero-order valence-electron chi connectivity index (χ0n) is 16.5. The van der Waals surface area contributed by atoms with Gasteiger partial charge in [0.05, 0.1) is 30.8 Å². The highest BCUT2D eigenvalue weighted by molar-refractivity contribution is 5.97. The molecule has 1 heterocycles. The molecular weight excluding hydrogens is 346 g/mol. The maximum absolute atomic E-state index is 12.1. The van der Waals surface area contributed by atoms with Crippen molar-refractivity contribution in [2.75, 3.05) is 13.7 Å². The first kappa shape index (κ1) is 20.5. The normalized spacial score (nSPS) is 14.2. The average molecular weight is 371 g/mol. The molecule has 0 aliphatic carbocycles. The lowest BCUT2D eigenvalue weighted by Gasteiger charge is -2.16. The summed E-state index contributed by atoms with van der Waals surface area (Å²) in [6.45, 7) is 7.93. The molecule has 1 aromatic rings. The lowest BCUT2D eigenvalue weighted by Crippen LogP contribution is -2.15. The molecule has 0 spiro atoms. The Labute approximate surface area is 159 Å². The van der Waals surface area contributed by atoms with Crippen molar-refractivity contribution < 1.29 is 23.8 Å². The second-order valence-corrected chi connectivity index (χ2v) is 6.67. The number of ether oxygens (including phenoxy) is 3. The first-order valence-corrected chi connectivity index (χ1v) is 8.97. The van der Waals surface area contributed by atoms with Crippen molar-refractivity contribution in [3.8, 4) is 11.8 Å². The molecule has 1 unspecified atom stereocenters. The number of rotatable bonds is 7. The van der Waals surface area contributed by atoms with Gasteiger partial charge in [-0.3, -0.25) is 4.79 Å². The second kappa shape index (κ2) is 8.72. The Morgan fingerprint density at radius 3 is 2.74 bits per heavy atom. The molecule has 1 atom stereocenters. The summed E-state index contributed by atoms with van der Waals surface area (Å²) in [5.74, 6) is -0.330. The summed E-state index contributed by atoms with van der Waals surface area (Å²) in [6.07, 6.45) is 2.95. The number of hydrogen-bond acceptors (Lipinski definition) is 6. The molecule has 2 rings (SSSR count). The lowest BCUT2D eigenvalue weighted by atomic mass is 9.90. The molecule has 0 bridgehead atoms. The van der Waals surface area contributed by atoms with E-state index in [0.29, 0.717) is 47.5 Å². The predicted molar refractivity (Wildman–Crippen MR) is 99.4 cm³/mol. The lowest BCUT2D eigenvalue weighted by molar-refractivity contribution is -0.147. The number of carbonyl (C=O) groups excluding carboxylic acids is 2. The average Bonchev–Trinajstić information content (AvgIpc) is 3.02. The van der Waals surface area contributed by atoms with Crippen LogP contribution in [0.5, 0.6) is 5.75 Å². The van der Waals surface area contributed by atoms with Crippen LogP contribution in [0.25, 0.3) is 0 Å². The van der Waals surface area contributed by atoms with Gasteiger partial charge in [0.25, 0.3) is 0 Å². The molecule has 0 aromatic heterocycles. The Hall–Kier alpha value is -2.81. The minimum Gasteiger partial charge on any atom is -0.496 e.